The molecule has 0 saturated carbocycles. The molecule has 0 aliphatic heterocycles. The van der Waals surface area contributed by atoms with Crippen molar-refractivity contribution >= 4 is 17.3 Å². The second-order valence-corrected chi connectivity index (χ2v) is 4.79. The molecule has 1 aromatic rings. The number of benzene rings is 1. The molecule has 0 aliphatic rings. The van der Waals surface area contributed by atoms with E-state index in [0.717, 1.165) is 18.9 Å². The number of halogens is 1. The van der Waals surface area contributed by atoms with E-state index in [1.807, 2.05) is 0 Å². The number of aryl methyl sites for hydroxylation is 1. The first-order valence-corrected chi connectivity index (χ1v) is 6.68. The SMILES string of the molecule is CCCC(C)CNc1ccc(CCCl)cc1. The Morgan fingerprint density at radius 1 is 1.25 bits per heavy atom. The molecular formula is C14H22ClN. The highest BCUT2D eigenvalue weighted by molar-refractivity contribution is 6.17. The maximum atomic E-state index is 5.70. The molecule has 2 heteroatoms. The van der Waals surface area contributed by atoms with E-state index in [9.17, 15) is 0 Å². The van der Waals surface area contributed by atoms with Crippen LogP contribution in [0.5, 0.6) is 0 Å². The van der Waals surface area contributed by atoms with Crippen molar-refractivity contribution in [2.45, 2.75) is 33.1 Å². The molecule has 0 spiro atoms. The molecule has 1 unspecified atom stereocenters. The van der Waals surface area contributed by atoms with Crippen LogP contribution in [-0.4, -0.2) is 12.4 Å². The van der Waals surface area contributed by atoms with Gasteiger partial charge in [0.25, 0.3) is 0 Å². The lowest BCUT2D eigenvalue weighted by Crippen LogP contribution is -2.10. The third kappa shape index (κ3) is 4.89. The van der Waals surface area contributed by atoms with Crippen LogP contribution in [0, 0.1) is 5.92 Å². The third-order valence-electron chi connectivity index (χ3n) is 2.77. The Bertz CT molecular complexity index is 281. The maximum absolute atomic E-state index is 5.70. The molecule has 0 fully saturated rings. The van der Waals surface area contributed by atoms with Gasteiger partial charge in [-0.2, -0.15) is 0 Å². The smallest absolute Gasteiger partial charge is 0.0340 e. The number of rotatable bonds is 7. The fourth-order valence-corrected chi connectivity index (χ4v) is 2.00. The lowest BCUT2D eigenvalue weighted by atomic mass is 10.1. The average molecular weight is 240 g/mol. The molecule has 0 radical (unpaired) electrons. The van der Waals surface area contributed by atoms with Gasteiger partial charge in [0.1, 0.15) is 0 Å². The fourth-order valence-electron chi connectivity index (χ4n) is 1.79. The molecule has 0 amide bonds. The van der Waals surface area contributed by atoms with Crippen LogP contribution in [0.2, 0.25) is 0 Å². The van der Waals surface area contributed by atoms with Gasteiger partial charge in [0, 0.05) is 18.1 Å². The van der Waals surface area contributed by atoms with Crippen LogP contribution < -0.4 is 5.32 Å². The molecule has 0 bridgehead atoms. The Morgan fingerprint density at radius 3 is 2.50 bits per heavy atom. The van der Waals surface area contributed by atoms with Gasteiger partial charge < -0.3 is 5.32 Å². The maximum Gasteiger partial charge on any atom is 0.0340 e. The van der Waals surface area contributed by atoms with Gasteiger partial charge in [-0.1, -0.05) is 32.4 Å². The van der Waals surface area contributed by atoms with Crippen molar-refractivity contribution in [1.29, 1.82) is 0 Å². The monoisotopic (exact) mass is 239 g/mol. The van der Waals surface area contributed by atoms with Crippen molar-refractivity contribution in [2.24, 2.45) is 5.92 Å². The Hall–Kier alpha value is -0.690. The van der Waals surface area contributed by atoms with Crippen LogP contribution in [0.25, 0.3) is 0 Å². The minimum absolute atomic E-state index is 0.695. The highest BCUT2D eigenvalue weighted by Crippen LogP contribution is 2.12. The predicted molar refractivity (Wildman–Crippen MR) is 73.4 cm³/mol. The quantitative estimate of drug-likeness (QED) is 0.699. The van der Waals surface area contributed by atoms with Gasteiger partial charge in [-0.3, -0.25) is 0 Å². The van der Waals surface area contributed by atoms with E-state index >= 15 is 0 Å². The first-order valence-electron chi connectivity index (χ1n) is 6.15. The fraction of sp³-hybridized carbons (Fsp3) is 0.571. The standard InChI is InChI=1S/C14H22ClN/c1-3-4-12(2)11-16-14-7-5-13(6-8-14)9-10-15/h5-8,12,16H,3-4,9-11H2,1-2H3. The summed E-state index contributed by atoms with van der Waals surface area (Å²) < 4.78 is 0. The molecule has 1 rings (SSSR count). The minimum Gasteiger partial charge on any atom is -0.385 e. The second kappa shape index (κ2) is 7.56. The number of hydrogen-bond donors (Lipinski definition) is 1. The van der Waals surface area contributed by atoms with Crippen LogP contribution in [0.3, 0.4) is 0 Å². The summed E-state index contributed by atoms with van der Waals surface area (Å²) in [5.74, 6) is 1.44. The zero-order chi connectivity index (χ0) is 11.8. The third-order valence-corrected chi connectivity index (χ3v) is 2.96. The topological polar surface area (TPSA) is 12.0 Å². The molecule has 1 N–H and O–H groups in total. The molecule has 0 aromatic heterocycles. The Morgan fingerprint density at radius 2 is 1.94 bits per heavy atom. The molecular weight excluding hydrogens is 218 g/mol. The molecule has 1 nitrogen and oxygen atoms in total. The van der Waals surface area contributed by atoms with Crippen molar-refractivity contribution in [3.63, 3.8) is 0 Å². The van der Waals surface area contributed by atoms with Gasteiger partial charge in [0.15, 0.2) is 0 Å². The van der Waals surface area contributed by atoms with E-state index in [1.165, 1.54) is 24.1 Å². The van der Waals surface area contributed by atoms with Gasteiger partial charge in [-0.05, 0) is 36.5 Å². The van der Waals surface area contributed by atoms with Crippen molar-refractivity contribution in [3.05, 3.63) is 29.8 Å². The van der Waals surface area contributed by atoms with Gasteiger partial charge >= 0.3 is 0 Å². The summed E-state index contributed by atoms with van der Waals surface area (Å²) in [5.41, 5.74) is 2.52. The van der Waals surface area contributed by atoms with Crippen molar-refractivity contribution in [3.8, 4) is 0 Å². The zero-order valence-corrected chi connectivity index (χ0v) is 11.1. The van der Waals surface area contributed by atoms with Crippen LogP contribution in [0.4, 0.5) is 5.69 Å². The van der Waals surface area contributed by atoms with Crippen molar-refractivity contribution in [1.82, 2.24) is 0 Å². The van der Waals surface area contributed by atoms with E-state index in [1.54, 1.807) is 0 Å². The first kappa shape index (κ1) is 13.4. The molecule has 1 atom stereocenters. The van der Waals surface area contributed by atoms with Crippen molar-refractivity contribution < 1.29 is 0 Å². The summed E-state index contributed by atoms with van der Waals surface area (Å²) >= 11 is 5.70. The Kier molecular flexibility index (Phi) is 6.32. The van der Waals surface area contributed by atoms with Crippen LogP contribution in [-0.2, 0) is 6.42 Å². The Balaban J connectivity index is 2.37. The summed E-state index contributed by atoms with van der Waals surface area (Å²) in [6.07, 6.45) is 3.50. The average Bonchev–Trinajstić information content (AvgIpc) is 2.29. The predicted octanol–water partition coefficient (Wildman–Crippen LogP) is 4.32. The lowest BCUT2D eigenvalue weighted by molar-refractivity contribution is 0.551. The molecule has 0 saturated heterocycles. The number of nitrogens with one attached hydrogen (secondary N) is 1. The Labute approximate surface area is 104 Å². The van der Waals surface area contributed by atoms with Gasteiger partial charge in [0.05, 0.1) is 0 Å². The highest BCUT2D eigenvalue weighted by Gasteiger charge is 2.00. The van der Waals surface area contributed by atoms with Gasteiger partial charge in [0.2, 0.25) is 0 Å². The molecule has 0 heterocycles. The lowest BCUT2D eigenvalue weighted by Gasteiger charge is -2.12. The summed E-state index contributed by atoms with van der Waals surface area (Å²) in [6.45, 7) is 5.58. The van der Waals surface area contributed by atoms with E-state index in [2.05, 4.69) is 43.4 Å². The summed E-state index contributed by atoms with van der Waals surface area (Å²) in [4.78, 5) is 0. The molecule has 0 aliphatic carbocycles. The van der Waals surface area contributed by atoms with E-state index < -0.39 is 0 Å². The molecule has 1 aromatic carbocycles. The number of hydrogen-bond acceptors (Lipinski definition) is 1. The van der Waals surface area contributed by atoms with E-state index in [4.69, 9.17) is 11.6 Å². The number of anilines is 1. The molecule has 16 heavy (non-hydrogen) atoms. The van der Waals surface area contributed by atoms with Crippen LogP contribution in [0.15, 0.2) is 24.3 Å². The first-order chi connectivity index (χ1) is 7.76. The van der Waals surface area contributed by atoms with Gasteiger partial charge in [-0.25, -0.2) is 0 Å². The van der Waals surface area contributed by atoms with Gasteiger partial charge in [-0.15, -0.1) is 11.6 Å². The highest BCUT2D eigenvalue weighted by atomic mass is 35.5. The van der Waals surface area contributed by atoms with Crippen LogP contribution >= 0.6 is 11.6 Å². The number of alkyl halides is 1. The zero-order valence-electron chi connectivity index (χ0n) is 10.3. The second-order valence-electron chi connectivity index (χ2n) is 4.41. The minimum atomic E-state index is 0.695. The normalized spacial score (nSPS) is 12.4. The summed E-state index contributed by atoms with van der Waals surface area (Å²) in [5, 5.41) is 3.47. The van der Waals surface area contributed by atoms with Crippen LogP contribution in [0.1, 0.15) is 32.3 Å². The molecule has 90 valence electrons. The summed E-state index contributed by atoms with van der Waals surface area (Å²) in [6, 6.07) is 8.57. The van der Waals surface area contributed by atoms with Crippen molar-refractivity contribution in [2.75, 3.05) is 17.7 Å². The van der Waals surface area contributed by atoms with E-state index in [0.29, 0.717) is 5.88 Å². The largest absolute Gasteiger partial charge is 0.385 e. The summed E-state index contributed by atoms with van der Waals surface area (Å²) in [7, 11) is 0. The van der Waals surface area contributed by atoms with E-state index in [-0.39, 0.29) is 0 Å².